The van der Waals surface area contributed by atoms with Gasteiger partial charge in [0.1, 0.15) is 0 Å². The predicted octanol–water partition coefficient (Wildman–Crippen LogP) is 3.40. The van der Waals surface area contributed by atoms with Crippen LogP contribution in [-0.4, -0.2) is 10.1 Å². The van der Waals surface area contributed by atoms with E-state index in [0.717, 1.165) is 24.0 Å². The molecule has 0 saturated heterocycles. The van der Waals surface area contributed by atoms with Gasteiger partial charge in [0.25, 0.3) is 5.89 Å². The standard InChI is InChI=1S/C15H19N3O/c1-3-11(4-2)9-14-17-15(18-19-14)13-7-5-12(10-16)6-8-13/h5-9H,3-4,10,16H2,1-2H3. The molecule has 0 bridgehead atoms. The lowest BCUT2D eigenvalue weighted by Gasteiger charge is -1.97. The number of nitrogens with two attached hydrogens (primary N) is 1. The highest BCUT2D eigenvalue weighted by atomic mass is 16.5. The Bertz CT molecular complexity index is 549. The van der Waals surface area contributed by atoms with E-state index in [1.165, 1.54) is 5.57 Å². The third-order valence-corrected chi connectivity index (χ3v) is 3.13. The normalized spacial score (nSPS) is 10.5. The van der Waals surface area contributed by atoms with Crippen LogP contribution in [0.1, 0.15) is 38.1 Å². The van der Waals surface area contributed by atoms with E-state index in [1.54, 1.807) is 0 Å². The van der Waals surface area contributed by atoms with E-state index in [0.29, 0.717) is 18.3 Å². The molecule has 1 aromatic heterocycles. The average molecular weight is 257 g/mol. The average Bonchev–Trinajstić information content (AvgIpc) is 2.93. The van der Waals surface area contributed by atoms with E-state index in [4.69, 9.17) is 10.3 Å². The molecule has 4 heteroatoms. The zero-order valence-electron chi connectivity index (χ0n) is 11.4. The maximum atomic E-state index is 5.57. The second kappa shape index (κ2) is 6.29. The summed E-state index contributed by atoms with van der Waals surface area (Å²) in [6, 6.07) is 7.87. The van der Waals surface area contributed by atoms with Crippen LogP contribution in [0, 0.1) is 0 Å². The van der Waals surface area contributed by atoms with Gasteiger partial charge in [-0.15, -0.1) is 0 Å². The van der Waals surface area contributed by atoms with Crippen LogP contribution in [0.25, 0.3) is 17.5 Å². The summed E-state index contributed by atoms with van der Waals surface area (Å²) in [5.41, 5.74) is 8.90. The summed E-state index contributed by atoms with van der Waals surface area (Å²) in [6.07, 6.45) is 3.96. The minimum absolute atomic E-state index is 0.539. The van der Waals surface area contributed by atoms with Crippen LogP contribution in [-0.2, 0) is 6.54 Å². The molecule has 0 spiro atoms. The summed E-state index contributed by atoms with van der Waals surface area (Å²) in [4.78, 5) is 4.39. The quantitative estimate of drug-likeness (QED) is 0.891. The molecular weight excluding hydrogens is 238 g/mol. The van der Waals surface area contributed by atoms with Gasteiger partial charge >= 0.3 is 0 Å². The van der Waals surface area contributed by atoms with E-state index in [2.05, 4.69) is 24.0 Å². The second-order valence-corrected chi connectivity index (χ2v) is 4.37. The van der Waals surface area contributed by atoms with Crippen molar-refractivity contribution in [2.45, 2.75) is 33.2 Å². The molecular formula is C15H19N3O. The number of hydrogen-bond acceptors (Lipinski definition) is 4. The molecule has 0 unspecified atom stereocenters. The van der Waals surface area contributed by atoms with Crippen LogP contribution in [0.4, 0.5) is 0 Å². The monoisotopic (exact) mass is 257 g/mol. The zero-order valence-corrected chi connectivity index (χ0v) is 11.4. The third kappa shape index (κ3) is 3.29. The van der Waals surface area contributed by atoms with E-state index in [1.807, 2.05) is 30.3 Å². The predicted molar refractivity (Wildman–Crippen MR) is 76.2 cm³/mol. The Morgan fingerprint density at radius 2 is 1.89 bits per heavy atom. The summed E-state index contributed by atoms with van der Waals surface area (Å²) < 4.78 is 5.25. The highest BCUT2D eigenvalue weighted by molar-refractivity contribution is 5.56. The lowest BCUT2D eigenvalue weighted by molar-refractivity contribution is 0.410. The van der Waals surface area contributed by atoms with Gasteiger partial charge < -0.3 is 10.3 Å². The first-order valence-corrected chi connectivity index (χ1v) is 6.59. The molecule has 0 aliphatic heterocycles. The van der Waals surface area contributed by atoms with Crippen molar-refractivity contribution in [1.82, 2.24) is 10.1 Å². The van der Waals surface area contributed by atoms with Crippen LogP contribution in [0.15, 0.2) is 34.4 Å². The molecule has 19 heavy (non-hydrogen) atoms. The lowest BCUT2D eigenvalue weighted by Crippen LogP contribution is -1.95. The Labute approximate surface area is 113 Å². The number of allylic oxidation sites excluding steroid dienone is 1. The summed E-state index contributed by atoms with van der Waals surface area (Å²) in [5.74, 6) is 1.18. The zero-order chi connectivity index (χ0) is 13.7. The molecule has 0 amide bonds. The number of nitrogens with zero attached hydrogens (tertiary/aromatic N) is 2. The summed E-state index contributed by atoms with van der Waals surface area (Å²) in [5, 5.41) is 4.00. The minimum Gasteiger partial charge on any atom is -0.334 e. The van der Waals surface area contributed by atoms with Crippen LogP contribution < -0.4 is 5.73 Å². The molecule has 4 nitrogen and oxygen atoms in total. The molecule has 0 saturated carbocycles. The summed E-state index contributed by atoms with van der Waals surface area (Å²) >= 11 is 0. The Morgan fingerprint density at radius 1 is 1.21 bits per heavy atom. The smallest absolute Gasteiger partial charge is 0.250 e. The first-order chi connectivity index (χ1) is 9.26. The highest BCUT2D eigenvalue weighted by Crippen LogP contribution is 2.18. The summed E-state index contributed by atoms with van der Waals surface area (Å²) in [6.45, 7) is 4.78. The largest absolute Gasteiger partial charge is 0.334 e. The number of benzene rings is 1. The maximum Gasteiger partial charge on any atom is 0.250 e. The Balaban J connectivity index is 2.22. The lowest BCUT2D eigenvalue weighted by atomic mass is 10.1. The first-order valence-electron chi connectivity index (χ1n) is 6.59. The van der Waals surface area contributed by atoms with Gasteiger partial charge in [-0.25, -0.2) is 0 Å². The molecule has 0 radical (unpaired) electrons. The highest BCUT2D eigenvalue weighted by Gasteiger charge is 2.07. The van der Waals surface area contributed by atoms with Crippen molar-refractivity contribution in [3.63, 3.8) is 0 Å². The fourth-order valence-electron chi connectivity index (χ4n) is 1.83. The van der Waals surface area contributed by atoms with E-state index in [9.17, 15) is 0 Å². The molecule has 2 aromatic rings. The van der Waals surface area contributed by atoms with Gasteiger partial charge in [-0.1, -0.05) is 48.8 Å². The van der Waals surface area contributed by atoms with Gasteiger partial charge in [0.15, 0.2) is 0 Å². The van der Waals surface area contributed by atoms with Crippen LogP contribution in [0.3, 0.4) is 0 Å². The fourth-order valence-corrected chi connectivity index (χ4v) is 1.83. The van der Waals surface area contributed by atoms with Crippen molar-refractivity contribution in [2.75, 3.05) is 0 Å². The van der Waals surface area contributed by atoms with Crippen molar-refractivity contribution in [3.8, 4) is 11.4 Å². The molecule has 0 fully saturated rings. The van der Waals surface area contributed by atoms with Crippen molar-refractivity contribution in [2.24, 2.45) is 5.73 Å². The van der Waals surface area contributed by atoms with Gasteiger partial charge in [0.05, 0.1) is 0 Å². The topological polar surface area (TPSA) is 64.9 Å². The summed E-state index contributed by atoms with van der Waals surface area (Å²) in [7, 11) is 0. The van der Waals surface area contributed by atoms with E-state index in [-0.39, 0.29) is 0 Å². The molecule has 2 rings (SSSR count). The maximum absolute atomic E-state index is 5.57. The van der Waals surface area contributed by atoms with Crippen molar-refractivity contribution in [1.29, 1.82) is 0 Å². The Kier molecular flexibility index (Phi) is 4.47. The molecule has 0 atom stereocenters. The van der Waals surface area contributed by atoms with Gasteiger partial charge in [0.2, 0.25) is 5.82 Å². The minimum atomic E-state index is 0.539. The second-order valence-electron chi connectivity index (χ2n) is 4.37. The van der Waals surface area contributed by atoms with Gasteiger partial charge in [-0.2, -0.15) is 4.98 Å². The van der Waals surface area contributed by atoms with Gasteiger partial charge in [-0.05, 0) is 18.4 Å². The number of hydrogen-bond donors (Lipinski definition) is 1. The van der Waals surface area contributed by atoms with Gasteiger partial charge in [0, 0.05) is 18.2 Å². The van der Waals surface area contributed by atoms with Gasteiger partial charge in [-0.3, -0.25) is 0 Å². The van der Waals surface area contributed by atoms with Crippen molar-refractivity contribution in [3.05, 3.63) is 41.3 Å². The van der Waals surface area contributed by atoms with Crippen molar-refractivity contribution < 1.29 is 4.52 Å². The fraction of sp³-hybridized carbons (Fsp3) is 0.333. The number of aromatic nitrogens is 2. The van der Waals surface area contributed by atoms with Crippen molar-refractivity contribution >= 4 is 6.08 Å². The molecule has 0 aliphatic carbocycles. The molecule has 0 aliphatic rings. The van der Waals surface area contributed by atoms with Crippen LogP contribution in [0.5, 0.6) is 0 Å². The number of rotatable bonds is 5. The van der Waals surface area contributed by atoms with E-state index < -0.39 is 0 Å². The van der Waals surface area contributed by atoms with Crippen LogP contribution >= 0.6 is 0 Å². The SMILES string of the molecule is CCC(=Cc1nc(-c2ccc(CN)cc2)no1)CC. The first kappa shape index (κ1) is 13.5. The molecule has 1 aromatic carbocycles. The molecule has 100 valence electrons. The molecule has 1 heterocycles. The molecule has 2 N–H and O–H groups in total. The Morgan fingerprint density at radius 3 is 2.47 bits per heavy atom. The Hall–Kier alpha value is -1.94. The van der Waals surface area contributed by atoms with Crippen LogP contribution in [0.2, 0.25) is 0 Å². The third-order valence-electron chi connectivity index (χ3n) is 3.13. The van der Waals surface area contributed by atoms with E-state index >= 15 is 0 Å².